The number of ether oxygens (including phenoxy) is 1. The van der Waals surface area contributed by atoms with Crippen molar-refractivity contribution < 1.29 is 4.74 Å². The zero-order chi connectivity index (χ0) is 15.6. The third kappa shape index (κ3) is 3.82. The maximum Gasteiger partial charge on any atom is 0.145 e. The Morgan fingerprint density at radius 1 is 1.14 bits per heavy atom. The highest BCUT2D eigenvalue weighted by molar-refractivity contribution is 5.43. The number of benzene rings is 1. The Morgan fingerprint density at radius 2 is 1.86 bits per heavy atom. The third-order valence-electron chi connectivity index (χ3n) is 3.40. The Balaban J connectivity index is 2.32. The van der Waals surface area contributed by atoms with Crippen LogP contribution in [0.4, 0.5) is 0 Å². The molecule has 0 unspecified atom stereocenters. The van der Waals surface area contributed by atoms with Crippen LogP contribution >= 0.6 is 0 Å². The van der Waals surface area contributed by atoms with Gasteiger partial charge in [-0.05, 0) is 43.0 Å². The van der Waals surface area contributed by atoms with E-state index in [2.05, 4.69) is 50.9 Å². The van der Waals surface area contributed by atoms with Crippen molar-refractivity contribution in [2.45, 2.75) is 46.1 Å². The van der Waals surface area contributed by atoms with Gasteiger partial charge in [-0.2, -0.15) is 0 Å². The second kappa shape index (κ2) is 5.86. The summed E-state index contributed by atoms with van der Waals surface area (Å²) in [6, 6.07) is 10.1. The molecule has 21 heavy (non-hydrogen) atoms. The van der Waals surface area contributed by atoms with E-state index in [1.54, 1.807) is 6.20 Å². The molecule has 112 valence electrons. The number of pyridine rings is 1. The molecule has 0 amide bonds. The molecule has 0 aliphatic carbocycles. The van der Waals surface area contributed by atoms with Crippen LogP contribution in [0.15, 0.2) is 36.5 Å². The molecular weight excluding hydrogens is 260 g/mol. The largest absolute Gasteiger partial charge is 0.455 e. The zero-order valence-corrected chi connectivity index (χ0v) is 13.5. The summed E-state index contributed by atoms with van der Waals surface area (Å²) in [5.41, 5.74) is 9.07. The molecule has 0 fully saturated rings. The number of rotatable bonds is 3. The van der Waals surface area contributed by atoms with Crippen LogP contribution in [0.25, 0.3) is 0 Å². The molecule has 1 aromatic carbocycles. The summed E-state index contributed by atoms with van der Waals surface area (Å²) in [6.07, 6.45) is 1.73. The van der Waals surface area contributed by atoms with Crippen molar-refractivity contribution in [3.8, 4) is 11.5 Å². The molecule has 0 saturated heterocycles. The number of nitrogens with zero attached hydrogens (tertiary/aromatic N) is 1. The number of aromatic nitrogens is 1. The average molecular weight is 284 g/mol. The fourth-order valence-corrected chi connectivity index (χ4v) is 2.18. The van der Waals surface area contributed by atoms with Crippen LogP contribution in [0, 0.1) is 6.92 Å². The fourth-order valence-electron chi connectivity index (χ4n) is 2.18. The summed E-state index contributed by atoms with van der Waals surface area (Å²) in [4.78, 5) is 4.34. The average Bonchev–Trinajstić information content (AvgIpc) is 2.38. The molecule has 3 heteroatoms. The first-order valence-corrected chi connectivity index (χ1v) is 7.28. The molecule has 1 aromatic heterocycles. The number of aryl methyl sites for hydroxylation is 1. The maximum atomic E-state index is 6.05. The van der Waals surface area contributed by atoms with Crippen LogP contribution in [0.2, 0.25) is 0 Å². The highest BCUT2D eigenvalue weighted by Crippen LogP contribution is 2.34. The molecular formula is C18H24N2O. The topological polar surface area (TPSA) is 48.1 Å². The lowest BCUT2D eigenvalue weighted by molar-refractivity contribution is 0.452. The summed E-state index contributed by atoms with van der Waals surface area (Å²) in [5, 5.41) is 0. The number of hydrogen-bond donors (Lipinski definition) is 1. The third-order valence-corrected chi connectivity index (χ3v) is 3.40. The first-order chi connectivity index (χ1) is 9.77. The molecule has 2 rings (SSSR count). The van der Waals surface area contributed by atoms with E-state index in [-0.39, 0.29) is 11.5 Å². The Labute approximate surface area is 127 Å². The van der Waals surface area contributed by atoms with E-state index in [1.807, 2.05) is 19.1 Å². The van der Waals surface area contributed by atoms with Gasteiger partial charge in [-0.15, -0.1) is 0 Å². The molecule has 0 bridgehead atoms. The van der Waals surface area contributed by atoms with Gasteiger partial charge in [0.1, 0.15) is 11.5 Å². The minimum atomic E-state index is -0.0665. The van der Waals surface area contributed by atoms with Crippen LogP contribution in [0.1, 0.15) is 50.6 Å². The molecule has 2 aromatic rings. The van der Waals surface area contributed by atoms with E-state index in [0.717, 1.165) is 17.2 Å². The van der Waals surface area contributed by atoms with Crippen LogP contribution in [-0.2, 0) is 5.41 Å². The van der Waals surface area contributed by atoms with Crippen molar-refractivity contribution in [2.24, 2.45) is 5.73 Å². The summed E-state index contributed by atoms with van der Waals surface area (Å²) in [6.45, 7) is 10.5. The quantitative estimate of drug-likeness (QED) is 0.902. The van der Waals surface area contributed by atoms with Crippen molar-refractivity contribution >= 4 is 0 Å². The molecule has 1 heterocycles. The van der Waals surface area contributed by atoms with Crippen LogP contribution in [0.3, 0.4) is 0 Å². The van der Waals surface area contributed by atoms with Gasteiger partial charge in [-0.1, -0.05) is 32.9 Å². The normalized spacial score (nSPS) is 13.0. The molecule has 0 spiro atoms. The molecule has 0 radical (unpaired) electrons. The fraction of sp³-hybridized carbons (Fsp3) is 0.389. The van der Waals surface area contributed by atoms with E-state index in [4.69, 9.17) is 10.5 Å². The van der Waals surface area contributed by atoms with Gasteiger partial charge in [0.15, 0.2) is 0 Å². The van der Waals surface area contributed by atoms with Gasteiger partial charge in [0.25, 0.3) is 0 Å². The summed E-state index contributed by atoms with van der Waals surface area (Å²) in [7, 11) is 0. The van der Waals surface area contributed by atoms with E-state index in [0.29, 0.717) is 0 Å². The van der Waals surface area contributed by atoms with Crippen molar-refractivity contribution in [3.05, 3.63) is 53.3 Å². The van der Waals surface area contributed by atoms with Crippen molar-refractivity contribution in [2.75, 3.05) is 0 Å². The predicted molar refractivity (Wildman–Crippen MR) is 86.8 cm³/mol. The Hall–Kier alpha value is -1.87. The Kier molecular flexibility index (Phi) is 4.33. The molecule has 3 nitrogen and oxygen atoms in total. The van der Waals surface area contributed by atoms with Gasteiger partial charge >= 0.3 is 0 Å². The molecule has 2 N–H and O–H groups in total. The smallest absolute Gasteiger partial charge is 0.145 e. The maximum absolute atomic E-state index is 6.05. The summed E-state index contributed by atoms with van der Waals surface area (Å²) >= 11 is 0. The summed E-state index contributed by atoms with van der Waals surface area (Å²) < 4.78 is 6.05. The van der Waals surface area contributed by atoms with Gasteiger partial charge < -0.3 is 10.5 Å². The van der Waals surface area contributed by atoms with Crippen LogP contribution in [-0.4, -0.2) is 4.98 Å². The standard InChI is InChI=1S/C18H24N2O/c1-12-6-8-15(18(3,4)5)17(10-12)21-14-7-9-16(13(2)19)20-11-14/h6-11,13H,19H2,1-5H3/t13-/m0/s1. The van der Waals surface area contributed by atoms with Gasteiger partial charge in [-0.25, -0.2) is 0 Å². The van der Waals surface area contributed by atoms with E-state index in [9.17, 15) is 0 Å². The van der Waals surface area contributed by atoms with E-state index in [1.165, 1.54) is 11.1 Å². The predicted octanol–water partition coefficient (Wildman–Crippen LogP) is 4.50. The first kappa shape index (κ1) is 15.5. The van der Waals surface area contributed by atoms with Crippen LogP contribution in [0.5, 0.6) is 11.5 Å². The number of hydrogen-bond acceptors (Lipinski definition) is 3. The summed E-state index contributed by atoms with van der Waals surface area (Å²) in [5.74, 6) is 1.62. The Morgan fingerprint density at radius 3 is 2.38 bits per heavy atom. The highest BCUT2D eigenvalue weighted by Gasteiger charge is 2.19. The SMILES string of the molecule is Cc1ccc(C(C)(C)C)c(Oc2ccc([C@H](C)N)nc2)c1. The molecule has 0 aliphatic heterocycles. The minimum Gasteiger partial charge on any atom is -0.455 e. The second-order valence-electron chi connectivity index (χ2n) is 6.56. The lowest BCUT2D eigenvalue weighted by atomic mass is 9.86. The van der Waals surface area contributed by atoms with Crippen LogP contribution < -0.4 is 10.5 Å². The highest BCUT2D eigenvalue weighted by atomic mass is 16.5. The number of nitrogens with two attached hydrogens (primary N) is 1. The van der Waals surface area contributed by atoms with Gasteiger partial charge in [-0.3, -0.25) is 4.98 Å². The van der Waals surface area contributed by atoms with E-state index >= 15 is 0 Å². The van der Waals surface area contributed by atoms with Gasteiger partial charge in [0.2, 0.25) is 0 Å². The first-order valence-electron chi connectivity index (χ1n) is 7.28. The van der Waals surface area contributed by atoms with Crippen molar-refractivity contribution in [1.29, 1.82) is 0 Å². The Bertz CT molecular complexity index is 610. The second-order valence-corrected chi connectivity index (χ2v) is 6.56. The lowest BCUT2D eigenvalue weighted by Gasteiger charge is -2.23. The van der Waals surface area contributed by atoms with Gasteiger partial charge in [0.05, 0.1) is 11.9 Å². The van der Waals surface area contributed by atoms with Gasteiger partial charge in [0, 0.05) is 11.6 Å². The molecule has 1 atom stereocenters. The molecule has 0 saturated carbocycles. The monoisotopic (exact) mass is 284 g/mol. The van der Waals surface area contributed by atoms with Crippen molar-refractivity contribution in [3.63, 3.8) is 0 Å². The lowest BCUT2D eigenvalue weighted by Crippen LogP contribution is -2.12. The van der Waals surface area contributed by atoms with E-state index < -0.39 is 0 Å². The minimum absolute atomic E-state index is 0.0299. The zero-order valence-electron chi connectivity index (χ0n) is 13.5. The molecule has 0 aliphatic rings. The van der Waals surface area contributed by atoms with Crippen molar-refractivity contribution in [1.82, 2.24) is 4.98 Å².